The molecule has 0 aliphatic carbocycles. The SMILES string of the molecule is CCCn1ncnc1CC(=O)c1ccc(Cl)cc1OC. The van der Waals surface area contributed by atoms with E-state index in [1.807, 2.05) is 0 Å². The second kappa shape index (κ2) is 6.52. The van der Waals surface area contributed by atoms with Gasteiger partial charge in [-0.1, -0.05) is 18.5 Å². The Labute approximate surface area is 122 Å². The minimum absolute atomic E-state index is 0.0659. The van der Waals surface area contributed by atoms with E-state index in [1.165, 1.54) is 13.4 Å². The van der Waals surface area contributed by atoms with Crippen LogP contribution in [0.25, 0.3) is 0 Å². The number of carbonyl (C=O) groups excluding carboxylic acids is 1. The van der Waals surface area contributed by atoms with Gasteiger partial charge in [0.25, 0.3) is 0 Å². The third-order valence-electron chi connectivity index (χ3n) is 2.91. The smallest absolute Gasteiger partial charge is 0.174 e. The molecule has 0 aliphatic heterocycles. The van der Waals surface area contributed by atoms with E-state index in [1.54, 1.807) is 22.9 Å². The van der Waals surface area contributed by atoms with Crippen molar-refractivity contribution in [1.82, 2.24) is 14.8 Å². The lowest BCUT2D eigenvalue weighted by atomic mass is 10.1. The number of halogens is 1. The maximum Gasteiger partial charge on any atom is 0.174 e. The van der Waals surface area contributed by atoms with Gasteiger partial charge in [0.05, 0.1) is 19.1 Å². The molecule has 0 atom stereocenters. The molecule has 0 unspecified atom stereocenters. The highest BCUT2D eigenvalue weighted by molar-refractivity contribution is 6.30. The molecule has 0 aliphatic rings. The Morgan fingerprint density at radius 3 is 2.95 bits per heavy atom. The fourth-order valence-corrected chi connectivity index (χ4v) is 2.12. The van der Waals surface area contributed by atoms with E-state index in [4.69, 9.17) is 16.3 Å². The van der Waals surface area contributed by atoms with Crippen LogP contribution in [0.1, 0.15) is 29.5 Å². The Morgan fingerprint density at radius 2 is 2.25 bits per heavy atom. The molecular formula is C14H16ClN3O2. The number of hydrogen-bond acceptors (Lipinski definition) is 4. The molecule has 5 nitrogen and oxygen atoms in total. The summed E-state index contributed by atoms with van der Waals surface area (Å²) < 4.78 is 6.95. The molecule has 6 heteroatoms. The number of methoxy groups -OCH3 is 1. The standard InChI is InChI=1S/C14H16ClN3O2/c1-3-6-18-14(16-9-17-18)8-12(19)11-5-4-10(15)7-13(11)20-2/h4-5,7,9H,3,6,8H2,1-2H3. The average molecular weight is 294 g/mol. The number of aromatic nitrogens is 3. The van der Waals surface area contributed by atoms with Crippen LogP contribution in [-0.4, -0.2) is 27.7 Å². The van der Waals surface area contributed by atoms with E-state index >= 15 is 0 Å². The topological polar surface area (TPSA) is 57.0 Å². The van der Waals surface area contributed by atoms with Crippen LogP contribution in [0.2, 0.25) is 5.02 Å². The van der Waals surface area contributed by atoms with Crippen molar-refractivity contribution < 1.29 is 9.53 Å². The monoisotopic (exact) mass is 293 g/mol. The number of ketones is 1. The third kappa shape index (κ3) is 3.17. The third-order valence-corrected chi connectivity index (χ3v) is 3.15. The van der Waals surface area contributed by atoms with Crippen LogP contribution < -0.4 is 4.74 Å². The zero-order chi connectivity index (χ0) is 14.5. The van der Waals surface area contributed by atoms with Gasteiger partial charge >= 0.3 is 0 Å². The zero-order valence-electron chi connectivity index (χ0n) is 11.5. The molecule has 1 aromatic carbocycles. The summed E-state index contributed by atoms with van der Waals surface area (Å²) in [6, 6.07) is 4.98. The molecule has 0 bridgehead atoms. The Bertz CT molecular complexity index is 610. The van der Waals surface area contributed by atoms with Crippen molar-refractivity contribution in [3.63, 3.8) is 0 Å². The molecule has 1 heterocycles. The summed E-state index contributed by atoms with van der Waals surface area (Å²) in [6.45, 7) is 2.80. The predicted octanol–water partition coefficient (Wildman–Crippen LogP) is 2.78. The van der Waals surface area contributed by atoms with Crippen molar-refractivity contribution in [3.8, 4) is 5.75 Å². The average Bonchev–Trinajstić information content (AvgIpc) is 2.86. The van der Waals surface area contributed by atoms with Crippen LogP contribution in [0, 0.1) is 0 Å². The van der Waals surface area contributed by atoms with Gasteiger partial charge in [-0.25, -0.2) is 9.67 Å². The number of rotatable bonds is 6. The lowest BCUT2D eigenvalue weighted by molar-refractivity contribution is 0.0986. The fourth-order valence-electron chi connectivity index (χ4n) is 1.96. The molecule has 2 rings (SSSR count). The Hall–Kier alpha value is -1.88. The van der Waals surface area contributed by atoms with Crippen molar-refractivity contribution >= 4 is 17.4 Å². The molecule has 2 aromatic rings. The van der Waals surface area contributed by atoms with Gasteiger partial charge in [0.2, 0.25) is 0 Å². The van der Waals surface area contributed by atoms with E-state index in [0.29, 0.717) is 22.2 Å². The molecule has 0 N–H and O–H groups in total. The van der Waals surface area contributed by atoms with Crippen LogP contribution in [-0.2, 0) is 13.0 Å². The first-order chi connectivity index (χ1) is 9.65. The summed E-state index contributed by atoms with van der Waals surface area (Å²) in [5, 5.41) is 4.65. The normalized spacial score (nSPS) is 10.6. The van der Waals surface area contributed by atoms with Crippen molar-refractivity contribution in [2.45, 2.75) is 26.3 Å². The van der Waals surface area contributed by atoms with Gasteiger partial charge in [-0.05, 0) is 24.6 Å². The van der Waals surface area contributed by atoms with Crippen LogP contribution in [0.4, 0.5) is 0 Å². The molecule has 0 fully saturated rings. The molecular weight excluding hydrogens is 278 g/mol. The number of carbonyl (C=O) groups is 1. The molecule has 0 radical (unpaired) electrons. The van der Waals surface area contributed by atoms with Crippen molar-refractivity contribution in [2.75, 3.05) is 7.11 Å². The Balaban J connectivity index is 2.22. The number of Topliss-reactive ketones (excluding diaryl/α,β-unsaturated/α-hetero) is 1. The molecule has 1 aromatic heterocycles. The van der Waals surface area contributed by atoms with Gasteiger partial charge < -0.3 is 4.74 Å². The summed E-state index contributed by atoms with van der Waals surface area (Å²) in [5.41, 5.74) is 0.503. The number of nitrogens with zero attached hydrogens (tertiary/aromatic N) is 3. The summed E-state index contributed by atoms with van der Waals surface area (Å²) in [6.07, 6.45) is 2.60. The Kier molecular flexibility index (Phi) is 4.74. The van der Waals surface area contributed by atoms with Gasteiger partial charge in [0.1, 0.15) is 17.9 Å². The first-order valence-electron chi connectivity index (χ1n) is 6.39. The Morgan fingerprint density at radius 1 is 1.45 bits per heavy atom. The summed E-state index contributed by atoms with van der Waals surface area (Å²) >= 11 is 5.89. The highest BCUT2D eigenvalue weighted by atomic mass is 35.5. The molecule has 0 saturated carbocycles. The van der Waals surface area contributed by atoms with Crippen molar-refractivity contribution in [1.29, 1.82) is 0 Å². The summed E-state index contributed by atoms with van der Waals surface area (Å²) in [5.74, 6) is 1.07. The predicted molar refractivity (Wildman–Crippen MR) is 76.4 cm³/mol. The van der Waals surface area contributed by atoms with Crippen LogP contribution in [0.3, 0.4) is 0 Å². The molecule has 0 spiro atoms. The maximum absolute atomic E-state index is 12.4. The molecule has 0 saturated heterocycles. The fraction of sp³-hybridized carbons (Fsp3) is 0.357. The minimum atomic E-state index is -0.0659. The highest BCUT2D eigenvalue weighted by Crippen LogP contribution is 2.24. The van der Waals surface area contributed by atoms with Gasteiger partial charge in [-0.2, -0.15) is 5.10 Å². The second-order valence-electron chi connectivity index (χ2n) is 4.34. The summed E-state index contributed by atoms with van der Waals surface area (Å²) in [4.78, 5) is 16.5. The van der Waals surface area contributed by atoms with E-state index in [-0.39, 0.29) is 12.2 Å². The molecule has 20 heavy (non-hydrogen) atoms. The second-order valence-corrected chi connectivity index (χ2v) is 4.78. The quantitative estimate of drug-likeness (QED) is 0.769. The number of ether oxygens (including phenoxy) is 1. The largest absolute Gasteiger partial charge is 0.496 e. The van der Waals surface area contributed by atoms with Crippen molar-refractivity contribution in [2.24, 2.45) is 0 Å². The molecule has 0 amide bonds. The van der Waals surface area contributed by atoms with E-state index in [0.717, 1.165) is 13.0 Å². The summed E-state index contributed by atoms with van der Waals surface area (Å²) in [7, 11) is 1.52. The number of hydrogen-bond donors (Lipinski definition) is 0. The highest BCUT2D eigenvalue weighted by Gasteiger charge is 2.16. The van der Waals surface area contributed by atoms with Gasteiger partial charge in [-0.3, -0.25) is 4.79 Å². The van der Waals surface area contributed by atoms with E-state index in [2.05, 4.69) is 17.0 Å². The zero-order valence-corrected chi connectivity index (χ0v) is 12.2. The lowest BCUT2D eigenvalue weighted by Crippen LogP contribution is -2.12. The van der Waals surface area contributed by atoms with Gasteiger partial charge in [-0.15, -0.1) is 0 Å². The minimum Gasteiger partial charge on any atom is -0.496 e. The van der Waals surface area contributed by atoms with Crippen molar-refractivity contribution in [3.05, 3.63) is 40.9 Å². The number of aryl methyl sites for hydroxylation is 1. The number of benzene rings is 1. The van der Waals surface area contributed by atoms with E-state index < -0.39 is 0 Å². The van der Waals surface area contributed by atoms with Crippen LogP contribution in [0.5, 0.6) is 5.75 Å². The van der Waals surface area contributed by atoms with Gasteiger partial charge in [0.15, 0.2) is 5.78 Å². The van der Waals surface area contributed by atoms with Crippen LogP contribution >= 0.6 is 11.6 Å². The first kappa shape index (κ1) is 14.5. The first-order valence-corrected chi connectivity index (χ1v) is 6.77. The maximum atomic E-state index is 12.4. The van der Waals surface area contributed by atoms with Crippen LogP contribution in [0.15, 0.2) is 24.5 Å². The molecule has 106 valence electrons. The van der Waals surface area contributed by atoms with E-state index in [9.17, 15) is 4.79 Å². The van der Waals surface area contributed by atoms with Gasteiger partial charge in [0, 0.05) is 11.6 Å². The lowest BCUT2D eigenvalue weighted by Gasteiger charge is -2.08.